The lowest BCUT2D eigenvalue weighted by Gasteiger charge is -2.17. The zero-order valence-corrected chi connectivity index (χ0v) is 12.1. The van der Waals surface area contributed by atoms with E-state index in [1.807, 2.05) is 0 Å². The highest BCUT2D eigenvalue weighted by atomic mass is 16.6. The molecule has 2 heterocycles. The highest BCUT2D eigenvalue weighted by Crippen LogP contribution is 2.27. The molecule has 1 aromatic heterocycles. The van der Waals surface area contributed by atoms with Gasteiger partial charge in [0.05, 0.1) is 13.7 Å². The fourth-order valence-electron chi connectivity index (χ4n) is 2.15. The molecule has 0 amide bonds. The lowest BCUT2D eigenvalue weighted by atomic mass is 10.1. The summed E-state index contributed by atoms with van der Waals surface area (Å²) in [6.07, 6.45) is -2.31. The monoisotopic (exact) mass is 328 g/mol. The minimum absolute atomic E-state index is 0.550. The van der Waals surface area contributed by atoms with Gasteiger partial charge in [0.25, 0.3) is 5.56 Å². The van der Waals surface area contributed by atoms with E-state index in [-0.39, 0.29) is 0 Å². The third-order valence-electron chi connectivity index (χ3n) is 3.39. The summed E-state index contributed by atoms with van der Waals surface area (Å²) >= 11 is 0. The number of carbonyl (C=O) groups excluding carboxylic acids is 1. The zero-order chi connectivity index (χ0) is 17.1. The fourth-order valence-corrected chi connectivity index (χ4v) is 2.15. The summed E-state index contributed by atoms with van der Waals surface area (Å²) in [4.78, 5) is 35.1. The van der Waals surface area contributed by atoms with Gasteiger partial charge in [-0.3, -0.25) is 9.36 Å². The van der Waals surface area contributed by atoms with Gasteiger partial charge in [-0.05, 0) is 0 Å². The Balaban J connectivity index is 2.42. The van der Waals surface area contributed by atoms with Crippen molar-refractivity contribution < 1.29 is 29.6 Å². The quantitative estimate of drug-likeness (QED) is 0.399. The molecule has 0 bridgehead atoms. The van der Waals surface area contributed by atoms with Crippen LogP contribution in [-0.4, -0.2) is 62.5 Å². The SMILES string of the molecule is COC(=O)C=Cn1c(=O)ccn([C@H]2O[C@@H](CO)[C@H](O)[C@H]2O)c1=O. The number of carbonyl (C=O) groups is 1. The molecule has 2 rings (SSSR count). The number of aromatic nitrogens is 2. The molecule has 3 N–H and O–H groups in total. The predicted molar refractivity (Wildman–Crippen MR) is 75.3 cm³/mol. The predicted octanol–water partition coefficient (Wildman–Crippen LogP) is -2.73. The standard InChI is InChI=1S/C13H16N2O8/c1-22-9(18)3-5-14-8(17)2-4-15(13(14)21)12-11(20)10(19)7(6-16)23-12/h2-5,7,10-12,16,19-20H,6H2,1H3/t7-,10-,11+,12-/m0/s1. The highest BCUT2D eigenvalue weighted by Gasteiger charge is 2.43. The molecule has 0 saturated carbocycles. The average Bonchev–Trinajstić information content (AvgIpc) is 2.82. The van der Waals surface area contributed by atoms with Crippen LogP contribution in [0.3, 0.4) is 0 Å². The first kappa shape index (κ1) is 17.1. The van der Waals surface area contributed by atoms with Crippen molar-refractivity contribution in [3.63, 3.8) is 0 Å². The molecule has 4 atom stereocenters. The summed E-state index contributed by atoms with van der Waals surface area (Å²) in [5.74, 6) is -0.764. The number of ether oxygens (including phenoxy) is 2. The number of methoxy groups -OCH3 is 1. The Morgan fingerprint density at radius 1 is 1.39 bits per heavy atom. The lowest BCUT2D eigenvalue weighted by Crippen LogP contribution is -2.41. The molecule has 0 unspecified atom stereocenters. The average molecular weight is 328 g/mol. The molecular weight excluding hydrogens is 312 g/mol. The Hall–Kier alpha value is -2.27. The van der Waals surface area contributed by atoms with E-state index in [2.05, 4.69) is 4.74 Å². The summed E-state index contributed by atoms with van der Waals surface area (Å²) in [6.45, 7) is -0.550. The molecule has 0 aromatic carbocycles. The van der Waals surface area contributed by atoms with Crippen molar-refractivity contribution in [2.24, 2.45) is 0 Å². The summed E-state index contributed by atoms with van der Waals surface area (Å²) in [5.41, 5.74) is -1.61. The molecule has 1 aliphatic heterocycles. The molecule has 10 nitrogen and oxygen atoms in total. The third kappa shape index (κ3) is 3.24. The van der Waals surface area contributed by atoms with Crippen LogP contribution in [0.4, 0.5) is 0 Å². The van der Waals surface area contributed by atoms with Crippen molar-refractivity contribution in [2.75, 3.05) is 13.7 Å². The van der Waals surface area contributed by atoms with E-state index in [1.54, 1.807) is 0 Å². The van der Waals surface area contributed by atoms with E-state index < -0.39 is 48.4 Å². The Morgan fingerprint density at radius 2 is 2.09 bits per heavy atom. The Bertz CT molecular complexity index is 721. The smallest absolute Gasteiger partial charge is 0.337 e. The van der Waals surface area contributed by atoms with Crippen molar-refractivity contribution in [3.05, 3.63) is 39.2 Å². The number of nitrogens with zero attached hydrogens (tertiary/aromatic N) is 2. The van der Waals surface area contributed by atoms with Gasteiger partial charge in [0.1, 0.15) is 18.3 Å². The van der Waals surface area contributed by atoms with Crippen LogP contribution in [0.15, 0.2) is 27.9 Å². The molecule has 0 aliphatic carbocycles. The topological polar surface area (TPSA) is 140 Å². The number of aliphatic hydroxyl groups excluding tert-OH is 3. The van der Waals surface area contributed by atoms with Crippen LogP contribution in [0, 0.1) is 0 Å². The van der Waals surface area contributed by atoms with Gasteiger partial charge in [0.15, 0.2) is 6.23 Å². The summed E-state index contributed by atoms with van der Waals surface area (Å²) in [6, 6.07) is 1.03. The largest absolute Gasteiger partial charge is 0.466 e. The second-order valence-corrected chi connectivity index (χ2v) is 4.78. The van der Waals surface area contributed by atoms with Crippen LogP contribution < -0.4 is 11.2 Å². The maximum absolute atomic E-state index is 12.3. The van der Waals surface area contributed by atoms with Crippen LogP contribution in [-0.2, 0) is 14.3 Å². The van der Waals surface area contributed by atoms with Gasteiger partial charge < -0.3 is 24.8 Å². The van der Waals surface area contributed by atoms with Gasteiger partial charge in [-0.2, -0.15) is 0 Å². The second kappa shape index (κ2) is 6.87. The van der Waals surface area contributed by atoms with Gasteiger partial charge in [-0.15, -0.1) is 0 Å². The van der Waals surface area contributed by atoms with E-state index in [4.69, 9.17) is 9.84 Å². The third-order valence-corrected chi connectivity index (χ3v) is 3.39. The number of rotatable bonds is 4. The molecule has 1 saturated heterocycles. The normalized spacial score (nSPS) is 27.5. The maximum Gasteiger partial charge on any atom is 0.337 e. The van der Waals surface area contributed by atoms with Crippen LogP contribution in [0.25, 0.3) is 6.20 Å². The van der Waals surface area contributed by atoms with Gasteiger partial charge in [-0.25, -0.2) is 14.2 Å². The van der Waals surface area contributed by atoms with Crippen LogP contribution in [0.5, 0.6) is 0 Å². The minimum Gasteiger partial charge on any atom is -0.466 e. The first-order chi connectivity index (χ1) is 10.9. The molecule has 1 aromatic rings. The van der Waals surface area contributed by atoms with Gasteiger partial charge in [0.2, 0.25) is 0 Å². The lowest BCUT2D eigenvalue weighted by molar-refractivity contribution is -0.134. The van der Waals surface area contributed by atoms with Crippen molar-refractivity contribution in [1.29, 1.82) is 0 Å². The highest BCUT2D eigenvalue weighted by molar-refractivity contribution is 5.84. The van der Waals surface area contributed by atoms with Crippen LogP contribution >= 0.6 is 0 Å². The molecule has 1 fully saturated rings. The Labute approximate surface area is 129 Å². The number of hydrogen-bond donors (Lipinski definition) is 3. The van der Waals surface area contributed by atoms with Crippen molar-refractivity contribution in [2.45, 2.75) is 24.5 Å². The summed E-state index contributed by atoms with van der Waals surface area (Å²) in [5, 5.41) is 28.7. The Kier molecular flexibility index (Phi) is 5.11. The molecule has 23 heavy (non-hydrogen) atoms. The molecule has 126 valence electrons. The molecule has 0 spiro atoms. The van der Waals surface area contributed by atoms with Crippen molar-refractivity contribution >= 4 is 12.2 Å². The van der Waals surface area contributed by atoms with E-state index in [0.717, 1.165) is 36.2 Å². The second-order valence-electron chi connectivity index (χ2n) is 4.78. The van der Waals surface area contributed by atoms with E-state index in [1.165, 1.54) is 0 Å². The van der Waals surface area contributed by atoms with Gasteiger partial charge in [-0.1, -0.05) is 0 Å². The number of esters is 1. The van der Waals surface area contributed by atoms with Crippen molar-refractivity contribution in [3.8, 4) is 0 Å². The molecular formula is C13H16N2O8. The molecule has 1 aliphatic rings. The summed E-state index contributed by atoms with van der Waals surface area (Å²) < 4.78 is 11.1. The number of aliphatic hydroxyl groups is 3. The van der Waals surface area contributed by atoms with Crippen LogP contribution in [0.1, 0.15) is 6.23 Å². The van der Waals surface area contributed by atoms with Crippen molar-refractivity contribution in [1.82, 2.24) is 9.13 Å². The van der Waals surface area contributed by atoms with Gasteiger partial charge in [0, 0.05) is 24.5 Å². The number of hydrogen-bond acceptors (Lipinski definition) is 8. The summed E-state index contributed by atoms with van der Waals surface area (Å²) in [7, 11) is 1.14. The Morgan fingerprint density at radius 3 is 2.65 bits per heavy atom. The van der Waals surface area contributed by atoms with Gasteiger partial charge >= 0.3 is 11.7 Å². The molecule has 10 heteroatoms. The van der Waals surface area contributed by atoms with E-state index in [0.29, 0.717) is 4.57 Å². The zero-order valence-electron chi connectivity index (χ0n) is 12.1. The maximum atomic E-state index is 12.3. The molecule has 0 radical (unpaired) electrons. The van der Waals surface area contributed by atoms with E-state index in [9.17, 15) is 24.6 Å². The van der Waals surface area contributed by atoms with Crippen LogP contribution in [0.2, 0.25) is 0 Å². The first-order valence-electron chi connectivity index (χ1n) is 6.63. The minimum atomic E-state index is -1.47. The first-order valence-corrected chi connectivity index (χ1v) is 6.63. The van der Waals surface area contributed by atoms with E-state index >= 15 is 0 Å². The fraction of sp³-hybridized carbons (Fsp3) is 0.462.